The summed E-state index contributed by atoms with van der Waals surface area (Å²) in [6.45, 7) is 10.1. The van der Waals surface area contributed by atoms with Crippen LogP contribution in [0, 0.1) is 17.2 Å². The molecule has 0 radical (unpaired) electrons. The van der Waals surface area contributed by atoms with E-state index >= 15 is 0 Å². The van der Waals surface area contributed by atoms with Gasteiger partial charge in [-0.05, 0) is 49.2 Å². The smallest absolute Gasteiger partial charge is 0.128 e. The summed E-state index contributed by atoms with van der Waals surface area (Å²) < 4.78 is 6.45. The summed E-state index contributed by atoms with van der Waals surface area (Å²) >= 11 is 0. The van der Waals surface area contributed by atoms with Gasteiger partial charge in [-0.1, -0.05) is 6.07 Å². The Morgan fingerprint density at radius 2 is 2.05 bits per heavy atom. The van der Waals surface area contributed by atoms with Gasteiger partial charge in [0.1, 0.15) is 11.9 Å². The molecule has 1 aromatic carbocycles. The summed E-state index contributed by atoms with van der Waals surface area (Å²) in [6, 6.07) is 15.4. The second-order valence-electron chi connectivity index (χ2n) is 11.3. The molecule has 8 heteroatoms. The number of hydrogen-bond donors (Lipinski definition) is 1. The average Bonchev–Trinajstić information content (AvgIpc) is 2.94. The summed E-state index contributed by atoms with van der Waals surface area (Å²) in [6.07, 6.45) is 4.30. The number of anilines is 2. The average molecular weight is 510 g/mol. The Bertz CT molecular complexity index is 1390. The van der Waals surface area contributed by atoms with Crippen LogP contribution in [-0.4, -0.2) is 78.9 Å². The van der Waals surface area contributed by atoms with Crippen LogP contribution in [0.1, 0.15) is 30.2 Å². The van der Waals surface area contributed by atoms with Crippen LogP contribution in [0.5, 0.6) is 0 Å². The molecule has 4 aliphatic rings. The molecule has 0 amide bonds. The van der Waals surface area contributed by atoms with Gasteiger partial charge in [-0.2, -0.15) is 5.26 Å². The van der Waals surface area contributed by atoms with Crippen LogP contribution in [0.2, 0.25) is 0 Å². The van der Waals surface area contributed by atoms with Crippen molar-refractivity contribution in [2.75, 3.05) is 55.6 Å². The van der Waals surface area contributed by atoms with Crippen LogP contribution in [0.3, 0.4) is 0 Å². The first kappa shape index (κ1) is 23.8. The fourth-order valence-electron chi connectivity index (χ4n) is 7.03. The highest BCUT2D eigenvalue weighted by atomic mass is 16.5. The van der Waals surface area contributed by atoms with E-state index in [1.165, 1.54) is 17.7 Å². The van der Waals surface area contributed by atoms with Crippen LogP contribution < -0.4 is 15.1 Å². The molecule has 0 aliphatic carbocycles. The molecule has 3 fully saturated rings. The molecule has 38 heavy (non-hydrogen) atoms. The van der Waals surface area contributed by atoms with Crippen LogP contribution in [0.15, 0.2) is 42.6 Å². The Labute approximate surface area is 224 Å². The van der Waals surface area contributed by atoms with Crippen molar-refractivity contribution in [3.8, 4) is 6.07 Å². The SMILES string of the molecule is C[C@@H]1CN(c2ccc(C#N)c3ncccc23)C[C@H](CN2CC3CN(c4ccc5c(n4)CCNC5)CCC32)O1. The molecule has 4 atom stereocenters. The minimum Gasteiger partial charge on any atom is -0.370 e. The van der Waals surface area contributed by atoms with Crippen LogP contribution in [0.4, 0.5) is 11.5 Å². The van der Waals surface area contributed by atoms with Crippen molar-refractivity contribution in [3.05, 3.63) is 59.4 Å². The predicted molar refractivity (Wildman–Crippen MR) is 148 cm³/mol. The molecule has 2 aromatic heterocycles. The van der Waals surface area contributed by atoms with E-state index in [0.29, 0.717) is 17.5 Å². The highest BCUT2D eigenvalue weighted by Gasteiger charge is 2.44. The second kappa shape index (κ2) is 9.81. The van der Waals surface area contributed by atoms with Gasteiger partial charge in [0.25, 0.3) is 0 Å². The lowest BCUT2D eigenvalue weighted by molar-refractivity contribution is -0.0757. The number of morpholine rings is 1. The zero-order chi connectivity index (χ0) is 25.6. The van der Waals surface area contributed by atoms with Crippen LogP contribution in [0.25, 0.3) is 10.9 Å². The molecule has 0 saturated carbocycles. The lowest BCUT2D eigenvalue weighted by Gasteiger charge is -2.55. The van der Waals surface area contributed by atoms with E-state index < -0.39 is 0 Å². The van der Waals surface area contributed by atoms with Crippen molar-refractivity contribution >= 4 is 22.4 Å². The van der Waals surface area contributed by atoms with E-state index in [9.17, 15) is 5.26 Å². The molecule has 3 aromatic rings. The first-order chi connectivity index (χ1) is 18.7. The number of hydrogen-bond acceptors (Lipinski definition) is 8. The van der Waals surface area contributed by atoms with Gasteiger partial charge in [-0.3, -0.25) is 9.88 Å². The minimum absolute atomic E-state index is 0.153. The molecular weight excluding hydrogens is 474 g/mol. The van der Waals surface area contributed by atoms with Crippen LogP contribution >= 0.6 is 0 Å². The summed E-state index contributed by atoms with van der Waals surface area (Å²) in [5.74, 6) is 1.86. The predicted octanol–water partition coefficient (Wildman–Crippen LogP) is 2.95. The molecular formula is C30H35N7O. The fraction of sp³-hybridized carbons (Fsp3) is 0.500. The number of piperidine rings is 1. The normalized spacial score (nSPS) is 27.4. The summed E-state index contributed by atoms with van der Waals surface area (Å²) in [5.41, 5.74) is 5.19. The molecule has 196 valence electrons. The quantitative estimate of drug-likeness (QED) is 0.575. The summed E-state index contributed by atoms with van der Waals surface area (Å²) in [4.78, 5) is 17.1. The number of rotatable bonds is 4. The lowest BCUT2D eigenvalue weighted by Crippen LogP contribution is -2.66. The first-order valence-corrected chi connectivity index (χ1v) is 14.0. The maximum Gasteiger partial charge on any atom is 0.128 e. The number of pyridine rings is 2. The number of nitrogens with zero attached hydrogens (tertiary/aromatic N) is 6. The Hall–Kier alpha value is -3.25. The van der Waals surface area contributed by atoms with Gasteiger partial charge in [0.05, 0.1) is 23.3 Å². The Balaban J connectivity index is 1.00. The maximum absolute atomic E-state index is 9.54. The van der Waals surface area contributed by atoms with E-state index in [4.69, 9.17) is 9.72 Å². The number of ether oxygens (including phenoxy) is 1. The van der Waals surface area contributed by atoms with Crippen molar-refractivity contribution in [3.63, 3.8) is 0 Å². The molecule has 2 unspecified atom stereocenters. The Morgan fingerprint density at radius 1 is 1.11 bits per heavy atom. The van der Waals surface area contributed by atoms with Crippen molar-refractivity contribution in [1.82, 2.24) is 20.2 Å². The van der Waals surface area contributed by atoms with Crippen molar-refractivity contribution in [1.29, 1.82) is 5.26 Å². The fourth-order valence-corrected chi connectivity index (χ4v) is 7.03. The number of nitriles is 1. The summed E-state index contributed by atoms with van der Waals surface area (Å²) in [5, 5.41) is 14.0. The Morgan fingerprint density at radius 3 is 2.95 bits per heavy atom. The van der Waals surface area contributed by atoms with E-state index in [1.54, 1.807) is 6.20 Å². The molecule has 3 saturated heterocycles. The van der Waals surface area contributed by atoms with Crippen molar-refractivity contribution in [2.45, 2.75) is 44.6 Å². The minimum atomic E-state index is 0.153. The van der Waals surface area contributed by atoms with E-state index in [2.05, 4.69) is 62.3 Å². The monoisotopic (exact) mass is 509 g/mol. The topological polar surface area (TPSA) is 80.6 Å². The molecule has 4 aliphatic heterocycles. The number of benzene rings is 1. The zero-order valence-electron chi connectivity index (χ0n) is 22.0. The lowest BCUT2D eigenvalue weighted by atomic mass is 9.82. The van der Waals surface area contributed by atoms with Gasteiger partial charge >= 0.3 is 0 Å². The van der Waals surface area contributed by atoms with E-state index in [0.717, 1.165) is 81.2 Å². The third-order valence-electron chi connectivity index (χ3n) is 8.84. The molecule has 1 N–H and O–H groups in total. The zero-order valence-corrected chi connectivity index (χ0v) is 22.0. The number of nitrogens with one attached hydrogen (secondary N) is 1. The van der Waals surface area contributed by atoms with Gasteiger partial charge in [-0.15, -0.1) is 0 Å². The van der Waals surface area contributed by atoms with E-state index in [1.807, 2.05) is 12.1 Å². The van der Waals surface area contributed by atoms with Crippen LogP contribution in [-0.2, 0) is 17.7 Å². The standard InChI is InChI=1S/C30H35N7O/c1-20-15-36(28-6-4-21(13-31)30-25(28)3-2-10-33-30)18-24(38-20)19-37-17-23-16-35(12-9-27(23)37)29-7-5-22-14-32-11-8-26(22)34-29/h2-7,10,20,23-24,27,32H,8-9,11-12,14-19H2,1H3/t20-,23?,24-,27?/m1/s1. The molecule has 7 rings (SSSR count). The number of likely N-dealkylation sites (tertiary alicyclic amines) is 1. The molecule has 6 heterocycles. The number of fused-ring (bicyclic) bond motifs is 3. The third kappa shape index (κ3) is 4.29. The van der Waals surface area contributed by atoms with Gasteiger partial charge in [0, 0.05) is 93.7 Å². The van der Waals surface area contributed by atoms with E-state index in [-0.39, 0.29) is 12.2 Å². The highest BCUT2D eigenvalue weighted by molar-refractivity contribution is 5.95. The summed E-state index contributed by atoms with van der Waals surface area (Å²) in [7, 11) is 0. The molecule has 8 nitrogen and oxygen atoms in total. The second-order valence-corrected chi connectivity index (χ2v) is 11.3. The number of aromatic nitrogens is 2. The van der Waals surface area contributed by atoms with Gasteiger partial charge in [0.15, 0.2) is 0 Å². The van der Waals surface area contributed by atoms with Gasteiger partial charge in [0.2, 0.25) is 0 Å². The Kier molecular flexibility index (Phi) is 6.15. The third-order valence-corrected chi connectivity index (χ3v) is 8.84. The molecule has 0 spiro atoms. The van der Waals surface area contributed by atoms with Gasteiger partial charge < -0.3 is 19.9 Å². The van der Waals surface area contributed by atoms with Crippen molar-refractivity contribution in [2.24, 2.45) is 5.92 Å². The van der Waals surface area contributed by atoms with Gasteiger partial charge in [-0.25, -0.2) is 4.98 Å². The largest absolute Gasteiger partial charge is 0.370 e. The first-order valence-electron chi connectivity index (χ1n) is 14.0. The molecule has 0 bridgehead atoms. The highest BCUT2D eigenvalue weighted by Crippen LogP contribution is 2.36. The van der Waals surface area contributed by atoms with Crippen molar-refractivity contribution < 1.29 is 4.74 Å². The maximum atomic E-state index is 9.54.